The molecule has 126 valence electrons. The maximum atomic E-state index is 12.4. The van der Waals surface area contributed by atoms with Gasteiger partial charge in [0.15, 0.2) is 0 Å². The van der Waals surface area contributed by atoms with E-state index in [0.29, 0.717) is 19.5 Å². The van der Waals surface area contributed by atoms with Gasteiger partial charge in [0.1, 0.15) is 0 Å². The molecular weight excluding hydrogens is 358 g/mol. The van der Waals surface area contributed by atoms with Gasteiger partial charge in [0.2, 0.25) is 5.91 Å². The van der Waals surface area contributed by atoms with E-state index in [9.17, 15) is 4.79 Å². The standard InChI is InChI=1S/C16H24BrN5O/c1-10-14(12(3)21(6)18-10)9-20(5)15(23)7-8-22-13(4)16(17)11(2)19-22/h7-9H2,1-6H3. The Morgan fingerprint density at radius 3 is 2.26 bits per heavy atom. The first kappa shape index (κ1) is 17.7. The van der Waals surface area contributed by atoms with Crippen LogP contribution in [0.5, 0.6) is 0 Å². The van der Waals surface area contributed by atoms with E-state index < -0.39 is 0 Å². The zero-order chi connectivity index (χ0) is 17.3. The number of hydrogen-bond donors (Lipinski definition) is 0. The van der Waals surface area contributed by atoms with Crippen molar-refractivity contribution in [1.82, 2.24) is 24.5 Å². The lowest BCUT2D eigenvalue weighted by Gasteiger charge is -2.18. The minimum Gasteiger partial charge on any atom is -0.341 e. The summed E-state index contributed by atoms with van der Waals surface area (Å²) in [5.41, 5.74) is 5.20. The van der Waals surface area contributed by atoms with Crippen molar-refractivity contribution < 1.29 is 4.79 Å². The zero-order valence-corrected chi connectivity index (χ0v) is 16.2. The summed E-state index contributed by atoms with van der Waals surface area (Å²) in [6, 6.07) is 0. The molecule has 0 saturated heterocycles. The highest BCUT2D eigenvalue weighted by atomic mass is 79.9. The second-order valence-corrected chi connectivity index (χ2v) is 6.77. The van der Waals surface area contributed by atoms with Crippen molar-refractivity contribution in [3.8, 4) is 0 Å². The van der Waals surface area contributed by atoms with E-state index >= 15 is 0 Å². The molecule has 0 aliphatic rings. The summed E-state index contributed by atoms with van der Waals surface area (Å²) in [5, 5.41) is 8.84. The molecular formula is C16H24BrN5O. The molecule has 0 radical (unpaired) electrons. The molecule has 0 bridgehead atoms. The molecule has 0 aromatic carbocycles. The highest BCUT2D eigenvalue weighted by molar-refractivity contribution is 9.10. The van der Waals surface area contributed by atoms with Crippen LogP contribution in [0.1, 0.15) is 34.8 Å². The van der Waals surface area contributed by atoms with Gasteiger partial charge >= 0.3 is 0 Å². The number of rotatable bonds is 5. The molecule has 0 unspecified atom stereocenters. The normalized spacial score (nSPS) is 11.1. The summed E-state index contributed by atoms with van der Waals surface area (Å²) in [4.78, 5) is 14.2. The zero-order valence-electron chi connectivity index (χ0n) is 14.6. The lowest BCUT2D eigenvalue weighted by molar-refractivity contribution is -0.130. The third-order valence-corrected chi connectivity index (χ3v) is 5.46. The van der Waals surface area contributed by atoms with Gasteiger partial charge in [-0.15, -0.1) is 0 Å². The van der Waals surface area contributed by atoms with E-state index in [4.69, 9.17) is 0 Å². The van der Waals surface area contributed by atoms with Crippen molar-refractivity contribution in [2.45, 2.75) is 47.2 Å². The number of carbonyl (C=O) groups excluding carboxylic acids is 1. The van der Waals surface area contributed by atoms with Crippen LogP contribution in [0.4, 0.5) is 0 Å². The summed E-state index contributed by atoms with van der Waals surface area (Å²) in [7, 11) is 3.76. The van der Waals surface area contributed by atoms with Gasteiger partial charge in [0, 0.05) is 44.0 Å². The molecule has 2 rings (SSSR count). The highest BCUT2D eigenvalue weighted by Crippen LogP contribution is 2.20. The SMILES string of the molecule is Cc1nn(CCC(=O)N(C)Cc2c(C)nn(C)c2C)c(C)c1Br. The second-order valence-electron chi connectivity index (χ2n) is 5.98. The van der Waals surface area contributed by atoms with Crippen molar-refractivity contribution in [3.05, 3.63) is 32.8 Å². The average Bonchev–Trinajstić information content (AvgIpc) is 2.89. The molecule has 2 aromatic heterocycles. The van der Waals surface area contributed by atoms with Crippen LogP contribution in [0, 0.1) is 27.7 Å². The molecule has 0 aliphatic heterocycles. The largest absolute Gasteiger partial charge is 0.341 e. The molecule has 1 amide bonds. The van der Waals surface area contributed by atoms with E-state index in [1.165, 1.54) is 0 Å². The number of hydrogen-bond acceptors (Lipinski definition) is 3. The van der Waals surface area contributed by atoms with Crippen LogP contribution in [0.15, 0.2) is 4.47 Å². The Kier molecular flexibility index (Phi) is 5.29. The van der Waals surface area contributed by atoms with Crippen LogP contribution in [0.25, 0.3) is 0 Å². The van der Waals surface area contributed by atoms with Crippen LogP contribution < -0.4 is 0 Å². The Balaban J connectivity index is 1.99. The van der Waals surface area contributed by atoms with Gasteiger partial charge in [0.05, 0.1) is 22.4 Å². The molecule has 0 fully saturated rings. The smallest absolute Gasteiger partial charge is 0.224 e. The summed E-state index contributed by atoms with van der Waals surface area (Å²) in [6.45, 7) is 9.14. The molecule has 2 heterocycles. The molecule has 0 spiro atoms. The van der Waals surface area contributed by atoms with Crippen LogP contribution in [-0.2, 0) is 24.9 Å². The fourth-order valence-corrected chi connectivity index (χ4v) is 2.94. The van der Waals surface area contributed by atoms with E-state index in [1.54, 1.807) is 4.90 Å². The first-order chi connectivity index (χ1) is 10.7. The number of nitrogens with zero attached hydrogens (tertiary/aromatic N) is 5. The van der Waals surface area contributed by atoms with Crippen LogP contribution in [0.3, 0.4) is 0 Å². The summed E-state index contributed by atoms with van der Waals surface area (Å²) < 4.78 is 4.75. The lowest BCUT2D eigenvalue weighted by atomic mass is 10.2. The van der Waals surface area contributed by atoms with E-state index in [-0.39, 0.29) is 5.91 Å². The van der Waals surface area contributed by atoms with Gasteiger partial charge in [-0.2, -0.15) is 10.2 Å². The van der Waals surface area contributed by atoms with E-state index in [2.05, 4.69) is 26.1 Å². The number of amides is 1. The lowest BCUT2D eigenvalue weighted by Crippen LogP contribution is -2.27. The van der Waals surface area contributed by atoms with Crippen molar-refractivity contribution in [2.24, 2.45) is 7.05 Å². The first-order valence-electron chi connectivity index (χ1n) is 7.65. The fourth-order valence-electron chi connectivity index (χ4n) is 2.66. The Morgan fingerprint density at radius 1 is 1.13 bits per heavy atom. The van der Waals surface area contributed by atoms with Gasteiger partial charge in [-0.25, -0.2) is 0 Å². The second kappa shape index (κ2) is 6.86. The van der Waals surface area contributed by atoms with E-state index in [1.807, 2.05) is 51.2 Å². The van der Waals surface area contributed by atoms with Gasteiger partial charge < -0.3 is 4.90 Å². The average molecular weight is 382 g/mol. The monoisotopic (exact) mass is 381 g/mol. The number of halogens is 1. The maximum Gasteiger partial charge on any atom is 0.224 e. The molecule has 0 aliphatic carbocycles. The molecule has 0 saturated carbocycles. The highest BCUT2D eigenvalue weighted by Gasteiger charge is 2.16. The van der Waals surface area contributed by atoms with Gasteiger partial charge in [-0.05, 0) is 43.6 Å². The Bertz CT molecular complexity index is 731. The molecule has 0 atom stereocenters. The summed E-state index contributed by atoms with van der Waals surface area (Å²) in [6.07, 6.45) is 0.434. The number of aryl methyl sites for hydroxylation is 4. The Hall–Kier alpha value is -1.63. The van der Waals surface area contributed by atoms with Crippen molar-refractivity contribution in [2.75, 3.05) is 7.05 Å². The topological polar surface area (TPSA) is 56.0 Å². The molecule has 6 nitrogen and oxygen atoms in total. The van der Waals surface area contributed by atoms with Crippen LogP contribution in [0.2, 0.25) is 0 Å². The maximum absolute atomic E-state index is 12.4. The predicted octanol–water partition coefficient (Wildman–Crippen LogP) is 2.66. The fraction of sp³-hybridized carbons (Fsp3) is 0.562. The Morgan fingerprint density at radius 2 is 1.78 bits per heavy atom. The van der Waals surface area contributed by atoms with Crippen molar-refractivity contribution >= 4 is 21.8 Å². The molecule has 23 heavy (non-hydrogen) atoms. The third kappa shape index (κ3) is 3.65. The summed E-state index contributed by atoms with van der Waals surface area (Å²) in [5.74, 6) is 0.108. The predicted molar refractivity (Wildman–Crippen MR) is 93.2 cm³/mol. The summed E-state index contributed by atoms with van der Waals surface area (Å²) >= 11 is 3.51. The minimum atomic E-state index is 0.108. The molecule has 0 N–H and O–H groups in total. The number of carbonyl (C=O) groups is 1. The van der Waals surface area contributed by atoms with Gasteiger partial charge in [0.25, 0.3) is 0 Å². The number of aromatic nitrogens is 4. The van der Waals surface area contributed by atoms with Crippen molar-refractivity contribution in [3.63, 3.8) is 0 Å². The van der Waals surface area contributed by atoms with Gasteiger partial charge in [-0.1, -0.05) is 0 Å². The minimum absolute atomic E-state index is 0.108. The van der Waals surface area contributed by atoms with E-state index in [0.717, 1.165) is 32.8 Å². The molecule has 7 heteroatoms. The Labute approximate surface area is 145 Å². The third-order valence-electron chi connectivity index (χ3n) is 4.31. The quantitative estimate of drug-likeness (QED) is 0.799. The van der Waals surface area contributed by atoms with Crippen LogP contribution in [-0.4, -0.2) is 37.4 Å². The first-order valence-corrected chi connectivity index (χ1v) is 8.44. The van der Waals surface area contributed by atoms with Gasteiger partial charge in [-0.3, -0.25) is 14.2 Å². The van der Waals surface area contributed by atoms with Crippen molar-refractivity contribution in [1.29, 1.82) is 0 Å². The van der Waals surface area contributed by atoms with Crippen LogP contribution >= 0.6 is 15.9 Å². The molecule has 2 aromatic rings.